The van der Waals surface area contributed by atoms with Crippen molar-refractivity contribution in [2.24, 2.45) is 0 Å². The van der Waals surface area contributed by atoms with Gasteiger partial charge in [0, 0.05) is 18.0 Å². The van der Waals surface area contributed by atoms with Gasteiger partial charge in [-0.05, 0) is 12.1 Å². The van der Waals surface area contributed by atoms with Crippen LogP contribution in [0.2, 0.25) is 0 Å². The molecule has 0 atom stereocenters. The van der Waals surface area contributed by atoms with Crippen LogP contribution in [-0.2, 0) is 9.59 Å². The fourth-order valence-corrected chi connectivity index (χ4v) is 1.17. The molecule has 1 aromatic rings. The number of carbonyl (C=O) groups is 3. The molecule has 0 fully saturated rings. The Kier molecular flexibility index (Phi) is 4.76. The molecule has 0 saturated heterocycles. The molecule has 0 aliphatic carbocycles. The van der Waals surface area contributed by atoms with Crippen molar-refractivity contribution in [1.82, 2.24) is 15.4 Å². The van der Waals surface area contributed by atoms with Crippen LogP contribution >= 0.6 is 0 Å². The van der Waals surface area contributed by atoms with E-state index in [1.54, 1.807) is 0 Å². The van der Waals surface area contributed by atoms with Crippen LogP contribution in [0.1, 0.15) is 10.4 Å². The molecule has 0 radical (unpaired) electrons. The first kappa shape index (κ1) is 13.6. The van der Waals surface area contributed by atoms with Gasteiger partial charge in [-0.1, -0.05) is 0 Å². The number of rotatable bonds is 6. The summed E-state index contributed by atoms with van der Waals surface area (Å²) in [6.45, 7) is -1.22. The van der Waals surface area contributed by atoms with Crippen LogP contribution in [0.25, 0.3) is 0 Å². The lowest BCUT2D eigenvalue weighted by atomic mass is 10.2. The average molecular weight is 253 g/mol. The second-order valence-electron chi connectivity index (χ2n) is 3.32. The molecule has 1 aromatic heterocycles. The largest absolute Gasteiger partial charge is 0.480 e. The molecule has 3 N–H and O–H groups in total. The van der Waals surface area contributed by atoms with E-state index < -0.39 is 30.9 Å². The molecule has 0 aliphatic heterocycles. The zero-order valence-corrected chi connectivity index (χ0v) is 9.24. The van der Waals surface area contributed by atoms with Gasteiger partial charge in [0.15, 0.2) is 0 Å². The van der Waals surface area contributed by atoms with Gasteiger partial charge < -0.3 is 10.2 Å². The van der Waals surface area contributed by atoms with E-state index in [1.807, 2.05) is 0 Å². The molecule has 1 amide bonds. The van der Waals surface area contributed by atoms with Crippen molar-refractivity contribution >= 4 is 17.8 Å². The number of hydrogen-bond donors (Lipinski definition) is 3. The number of nitrogens with zero attached hydrogens (tertiary/aromatic N) is 2. The molecule has 8 nitrogen and oxygen atoms in total. The zero-order valence-electron chi connectivity index (χ0n) is 9.24. The molecule has 0 saturated carbocycles. The minimum atomic E-state index is -1.24. The first-order chi connectivity index (χ1) is 8.49. The van der Waals surface area contributed by atoms with Crippen LogP contribution in [0.4, 0.5) is 0 Å². The monoisotopic (exact) mass is 253 g/mol. The second kappa shape index (κ2) is 6.30. The number of aromatic nitrogens is 1. The number of pyridine rings is 1. The number of nitrogens with one attached hydrogen (secondary N) is 1. The maximum atomic E-state index is 11.7. The summed E-state index contributed by atoms with van der Waals surface area (Å²) < 4.78 is 0. The van der Waals surface area contributed by atoms with Crippen molar-refractivity contribution in [2.75, 3.05) is 13.1 Å². The van der Waals surface area contributed by atoms with Gasteiger partial charge in [0.1, 0.15) is 13.1 Å². The maximum absolute atomic E-state index is 11.7. The van der Waals surface area contributed by atoms with E-state index in [0.29, 0.717) is 0 Å². The fourth-order valence-electron chi connectivity index (χ4n) is 1.17. The van der Waals surface area contributed by atoms with Crippen molar-refractivity contribution in [2.45, 2.75) is 0 Å². The second-order valence-corrected chi connectivity index (χ2v) is 3.32. The summed E-state index contributed by atoms with van der Waals surface area (Å²) in [5.74, 6) is -3.09. The molecule has 1 heterocycles. The van der Waals surface area contributed by atoms with Crippen molar-refractivity contribution in [3.63, 3.8) is 0 Å². The Labute approximate surface area is 102 Å². The third-order valence-electron chi connectivity index (χ3n) is 1.85. The van der Waals surface area contributed by atoms with Crippen LogP contribution in [0, 0.1) is 0 Å². The normalized spacial score (nSPS) is 10.1. The van der Waals surface area contributed by atoms with Gasteiger partial charge in [-0.15, -0.1) is 0 Å². The van der Waals surface area contributed by atoms with Gasteiger partial charge in [-0.2, -0.15) is 5.01 Å². The van der Waals surface area contributed by atoms with Crippen molar-refractivity contribution in [3.8, 4) is 0 Å². The van der Waals surface area contributed by atoms with E-state index in [1.165, 1.54) is 24.5 Å². The quantitative estimate of drug-likeness (QED) is 0.567. The molecular weight excluding hydrogens is 242 g/mol. The van der Waals surface area contributed by atoms with E-state index in [9.17, 15) is 14.4 Å². The number of carbonyl (C=O) groups excluding carboxylic acids is 1. The lowest BCUT2D eigenvalue weighted by molar-refractivity contribution is -0.142. The van der Waals surface area contributed by atoms with E-state index >= 15 is 0 Å². The minimum absolute atomic E-state index is 0.255. The highest BCUT2D eigenvalue weighted by Gasteiger charge is 2.16. The van der Waals surface area contributed by atoms with Crippen LogP contribution in [0.15, 0.2) is 24.5 Å². The van der Waals surface area contributed by atoms with E-state index in [-0.39, 0.29) is 5.56 Å². The number of hydrogen-bond acceptors (Lipinski definition) is 5. The maximum Gasteiger partial charge on any atom is 0.319 e. The number of hydrazine groups is 1. The van der Waals surface area contributed by atoms with E-state index in [2.05, 4.69) is 10.4 Å². The first-order valence-corrected chi connectivity index (χ1v) is 4.88. The predicted octanol–water partition coefficient (Wildman–Crippen LogP) is -0.802. The lowest BCUT2D eigenvalue weighted by Crippen LogP contribution is -2.47. The van der Waals surface area contributed by atoms with E-state index in [4.69, 9.17) is 10.2 Å². The van der Waals surface area contributed by atoms with Crippen LogP contribution < -0.4 is 5.43 Å². The number of carboxylic acid groups (broad SMARTS) is 2. The Balaban J connectivity index is 2.68. The molecule has 0 unspecified atom stereocenters. The summed E-state index contributed by atoms with van der Waals surface area (Å²) >= 11 is 0. The molecule has 8 heteroatoms. The van der Waals surface area contributed by atoms with Gasteiger partial charge in [0.25, 0.3) is 5.91 Å². The Morgan fingerprint density at radius 2 is 1.61 bits per heavy atom. The predicted molar refractivity (Wildman–Crippen MR) is 58.5 cm³/mol. The molecule has 0 aliphatic rings. The summed E-state index contributed by atoms with van der Waals surface area (Å²) in [6, 6.07) is 2.85. The first-order valence-electron chi connectivity index (χ1n) is 4.88. The fraction of sp³-hybridized carbons (Fsp3) is 0.200. The van der Waals surface area contributed by atoms with Gasteiger partial charge in [0.05, 0.1) is 0 Å². The van der Waals surface area contributed by atoms with Crippen LogP contribution in [0.5, 0.6) is 0 Å². The molecule has 0 spiro atoms. The third kappa shape index (κ3) is 4.58. The molecular formula is C10H11N3O5. The topological polar surface area (TPSA) is 120 Å². The number of carboxylic acids is 2. The van der Waals surface area contributed by atoms with E-state index in [0.717, 1.165) is 5.01 Å². The Hall–Kier alpha value is -2.48. The van der Waals surface area contributed by atoms with Crippen LogP contribution in [-0.4, -0.2) is 51.1 Å². The Morgan fingerprint density at radius 3 is 2.06 bits per heavy atom. The summed E-state index contributed by atoms with van der Waals surface area (Å²) in [5, 5.41) is 18.0. The summed E-state index contributed by atoms with van der Waals surface area (Å²) in [7, 11) is 0. The summed E-state index contributed by atoms with van der Waals surface area (Å²) in [4.78, 5) is 36.4. The third-order valence-corrected chi connectivity index (χ3v) is 1.85. The summed E-state index contributed by atoms with van der Waals surface area (Å²) in [5.41, 5.74) is 2.46. The van der Waals surface area contributed by atoms with Gasteiger partial charge in [-0.25, -0.2) is 0 Å². The van der Waals surface area contributed by atoms with Crippen LogP contribution in [0.3, 0.4) is 0 Å². The molecule has 18 heavy (non-hydrogen) atoms. The highest BCUT2D eigenvalue weighted by atomic mass is 16.4. The molecule has 0 aromatic carbocycles. The number of aliphatic carboxylic acids is 2. The minimum Gasteiger partial charge on any atom is -0.480 e. The summed E-state index contributed by atoms with van der Waals surface area (Å²) in [6.07, 6.45) is 2.79. The average Bonchev–Trinajstić information content (AvgIpc) is 2.28. The molecule has 1 rings (SSSR count). The SMILES string of the molecule is O=C(O)CN(CC(=O)O)NC(=O)c1ccncc1. The van der Waals surface area contributed by atoms with Gasteiger partial charge in [-0.3, -0.25) is 24.8 Å². The highest BCUT2D eigenvalue weighted by molar-refractivity contribution is 5.94. The smallest absolute Gasteiger partial charge is 0.319 e. The Bertz CT molecular complexity index is 432. The Morgan fingerprint density at radius 1 is 1.11 bits per heavy atom. The zero-order chi connectivity index (χ0) is 13.5. The van der Waals surface area contributed by atoms with Crippen molar-refractivity contribution < 1.29 is 24.6 Å². The van der Waals surface area contributed by atoms with Crippen molar-refractivity contribution in [1.29, 1.82) is 0 Å². The van der Waals surface area contributed by atoms with Crippen molar-refractivity contribution in [3.05, 3.63) is 30.1 Å². The highest BCUT2D eigenvalue weighted by Crippen LogP contribution is 1.96. The van der Waals surface area contributed by atoms with Gasteiger partial charge >= 0.3 is 11.9 Å². The standard InChI is InChI=1S/C10H11N3O5/c14-8(15)5-13(6-9(16)17)12-10(18)7-1-3-11-4-2-7/h1-4H,5-6H2,(H,12,18)(H,14,15)(H,16,17). The lowest BCUT2D eigenvalue weighted by Gasteiger charge is -2.18. The molecule has 0 bridgehead atoms. The molecule has 96 valence electrons. The number of amides is 1. The van der Waals surface area contributed by atoms with Gasteiger partial charge in [0.2, 0.25) is 0 Å².